The molecule has 1 aromatic carbocycles. The van der Waals surface area contributed by atoms with Crippen LogP contribution in [-0.2, 0) is 4.79 Å². The summed E-state index contributed by atoms with van der Waals surface area (Å²) in [6.07, 6.45) is -0.00299. The first-order valence-corrected chi connectivity index (χ1v) is 4.72. The fourth-order valence-electron chi connectivity index (χ4n) is 1.28. The maximum Gasteiger partial charge on any atom is 0.305 e. The molecule has 1 unspecified atom stereocenters. The fourth-order valence-corrected chi connectivity index (χ4v) is 1.28. The lowest BCUT2D eigenvalue weighted by Crippen LogP contribution is -2.19. The summed E-state index contributed by atoms with van der Waals surface area (Å²) in [5.41, 5.74) is 0.677. The van der Waals surface area contributed by atoms with Crippen molar-refractivity contribution in [2.24, 2.45) is 0 Å². The maximum absolute atomic E-state index is 10.4. The Balaban J connectivity index is 2.61. The lowest BCUT2D eigenvalue weighted by molar-refractivity contribution is -0.384. The zero-order valence-electron chi connectivity index (χ0n) is 8.71. The summed E-state index contributed by atoms with van der Waals surface area (Å²) in [5, 5.41) is 21.9. The van der Waals surface area contributed by atoms with Gasteiger partial charge in [0.1, 0.15) is 0 Å². The molecular formula is C10H12N2O4. The standard InChI is InChI=1S/C10H12N2O4/c1-7(6-10(13)14)11-8-2-4-9(5-3-8)12(15)16/h2-5,7,11H,6H2,1H3,(H,13,14). The Hall–Kier alpha value is -2.11. The Morgan fingerprint density at radius 2 is 2.06 bits per heavy atom. The smallest absolute Gasteiger partial charge is 0.305 e. The predicted molar refractivity (Wildman–Crippen MR) is 58.4 cm³/mol. The lowest BCUT2D eigenvalue weighted by atomic mass is 10.2. The third-order valence-corrected chi connectivity index (χ3v) is 1.97. The molecule has 16 heavy (non-hydrogen) atoms. The van der Waals surface area contributed by atoms with Gasteiger partial charge in [-0.3, -0.25) is 14.9 Å². The van der Waals surface area contributed by atoms with E-state index in [1.165, 1.54) is 12.1 Å². The summed E-state index contributed by atoms with van der Waals surface area (Å²) in [5.74, 6) is -0.887. The average molecular weight is 224 g/mol. The van der Waals surface area contributed by atoms with E-state index in [2.05, 4.69) is 5.32 Å². The van der Waals surface area contributed by atoms with E-state index in [1.54, 1.807) is 19.1 Å². The molecule has 86 valence electrons. The van der Waals surface area contributed by atoms with Crippen LogP contribution in [0.2, 0.25) is 0 Å². The van der Waals surface area contributed by atoms with E-state index >= 15 is 0 Å². The predicted octanol–water partition coefficient (Wildman–Crippen LogP) is 1.87. The summed E-state index contributed by atoms with van der Waals surface area (Å²) in [7, 11) is 0. The van der Waals surface area contributed by atoms with Gasteiger partial charge in [0.25, 0.3) is 5.69 Å². The van der Waals surface area contributed by atoms with Gasteiger partial charge in [-0.05, 0) is 19.1 Å². The van der Waals surface area contributed by atoms with Gasteiger partial charge in [-0.1, -0.05) is 0 Å². The summed E-state index contributed by atoms with van der Waals surface area (Å²) in [6.45, 7) is 1.73. The number of carbonyl (C=O) groups is 1. The summed E-state index contributed by atoms with van der Waals surface area (Å²) >= 11 is 0. The van der Waals surface area contributed by atoms with Crippen LogP contribution < -0.4 is 5.32 Å². The van der Waals surface area contributed by atoms with Crippen LogP contribution in [-0.4, -0.2) is 22.0 Å². The van der Waals surface area contributed by atoms with Gasteiger partial charge < -0.3 is 10.4 Å². The van der Waals surface area contributed by atoms with Crippen molar-refractivity contribution < 1.29 is 14.8 Å². The first-order chi connectivity index (χ1) is 7.49. The van der Waals surface area contributed by atoms with Crippen LogP contribution in [0.1, 0.15) is 13.3 Å². The number of nitrogens with one attached hydrogen (secondary N) is 1. The highest BCUT2D eigenvalue weighted by Gasteiger charge is 2.08. The number of carboxylic acid groups (broad SMARTS) is 1. The van der Waals surface area contributed by atoms with Crippen molar-refractivity contribution in [3.8, 4) is 0 Å². The average Bonchev–Trinajstić information content (AvgIpc) is 2.16. The van der Waals surface area contributed by atoms with E-state index < -0.39 is 10.9 Å². The van der Waals surface area contributed by atoms with Crippen molar-refractivity contribution in [1.29, 1.82) is 0 Å². The molecule has 0 bridgehead atoms. The number of hydrogen-bond acceptors (Lipinski definition) is 4. The molecule has 0 saturated carbocycles. The van der Waals surface area contributed by atoms with E-state index in [4.69, 9.17) is 5.11 Å². The number of anilines is 1. The number of rotatable bonds is 5. The summed E-state index contributed by atoms with van der Waals surface area (Å²) in [6, 6.07) is 5.62. The maximum atomic E-state index is 10.4. The highest BCUT2D eigenvalue weighted by atomic mass is 16.6. The topological polar surface area (TPSA) is 92.5 Å². The zero-order chi connectivity index (χ0) is 12.1. The second-order valence-electron chi connectivity index (χ2n) is 3.45. The Bertz CT molecular complexity index is 388. The van der Waals surface area contributed by atoms with Crippen molar-refractivity contribution >= 4 is 17.3 Å². The van der Waals surface area contributed by atoms with Gasteiger partial charge in [0.05, 0.1) is 11.3 Å². The number of nitro groups is 1. The number of carboxylic acids is 1. The van der Waals surface area contributed by atoms with E-state index in [0.29, 0.717) is 5.69 Å². The van der Waals surface area contributed by atoms with Gasteiger partial charge >= 0.3 is 5.97 Å². The van der Waals surface area contributed by atoms with Gasteiger partial charge in [0, 0.05) is 23.9 Å². The molecule has 0 spiro atoms. The van der Waals surface area contributed by atoms with E-state index in [0.717, 1.165) is 0 Å². The zero-order valence-corrected chi connectivity index (χ0v) is 8.71. The molecule has 0 aliphatic carbocycles. The lowest BCUT2D eigenvalue weighted by Gasteiger charge is -2.12. The number of nitro benzene ring substituents is 1. The Morgan fingerprint density at radius 1 is 1.50 bits per heavy atom. The SMILES string of the molecule is CC(CC(=O)O)Nc1ccc([N+](=O)[O-])cc1. The van der Waals surface area contributed by atoms with E-state index in [-0.39, 0.29) is 18.2 Å². The van der Waals surface area contributed by atoms with Crippen molar-refractivity contribution in [2.45, 2.75) is 19.4 Å². The first-order valence-electron chi connectivity index (χ1n) is 4.72. The normalized spacial score (nSPS) is 11.8. The third-order valence-electron chi connectivity index (χ3n) is 1.97. The number of non-ortho nitro benzene ring substituents is 1. The minimum Gasteiger partial charge on any atom is -0.481 e. The van der Waals surface area contributed by atoms with Crippen molar-refractivity contribution in [3.63, 3.8) is 0 Å². The molecule has 0 fully saturated rings. The number of nitrogens with zero attached hydrogens (tertiary/aromatic N) is 1. The van der Waals surface area contributed by atoms with Crippen LogP contribution in [0.4, 0.5) is 11.4 Å². The second kappa shape index (κ2) is 5.11. The molecule has 0 aromatic heterocycles. The van der Waals surface area contributed by atoms with Crippen LogP contribution in [0.15, 0.2) is 24.3 Å². The van der Waals surface area contributed by atoms with Crippen LogP contribution >= 0.6 is 0 Å². The number of hydrogen-bond donors (Lipinski definition) is 2. The highest BCUT2D eigenvalue weighted by Crippen LogP contribution is 2.16. The monoisotopic (exact) mass is 224 g/mol. The third kappa shape index (κ3) is 3.56. The molecule has 0 aliphatic rings. The molecule has 1 atom stereocenters. The largest absolute Gasteiger partial charge is 0.481 e. The molecule has 6 heteroatoms. The van der Waals surface area contributed by atoms with Gasteiger partial charge in [-0.15, -0.1) is 0 Å². The van der Waals surface area contributed by atoms with Crippen molar-refractivity contribution in [2.75, 3.05) is 5.32 Å². The minimum absolute atomic E-state index is 0.00299. The molecule has 0 aliphatic heterocycles. The van der Waals surface area contributed by atoms with Gasteiger partial charge in [-0.25, -0.2) is 0 Å². The van der Waals surface area contributed by atoms with Gasteiger partial charge in [0.2, 0.25) is 0 Å². The van der Waals surface area contributed by atoms with Crippen LogP contribution in [0, 0.1) is 10.1 Å². The Kier molecular flexibility index (Phi) is 3.82. The molecule has 0 saturated heterocycles. The Labute approximate surface area is 92.0 Å². The summed E-state index contributed by atoms with van der Waals surface area (Å²) < 4.78 is 0. The molecule has 2 N–H and O–H groups in total. The van der Waals surface area contributed by atoms with Gasteiger partial charge in [0.15, 0.2) is 0 Å². The molecule has 0 amide bonds. The second-order valence-corrected chi connectivity index (χ2v) is 3.45. The summed E-state index contributed by atoms with van der Waals surface area (Å²) in [4.78, 5) is 20.3. The first kappa shape index (κ1) is 12.0. The fraction of sp³-hybridized carbons (Fsp3) is 0.300. The molecule has 1 rings (SSSR count). The Morgan fingerprint density at radius 3 is 2.50 bits per heavy atom. The highest BCUT2D eigenvalue weighted by molar-refractivity contribution is 5.68. The molecule has 1 aromatic rings. The van der Waals surface area contributed by atoms with Crippen LogP contribution in [0.25, 0.3) is 0 Å². The molecular weight excluding hydrogens is 212 g/mol. The van der Waals surface area contributed by atoms with Gasteiger partial charge in [-0.2, -0.15) is 0 Å². The molecule has 0 heterocycles. The molecule has 0 radical (unpaired) electrons. The van der Waals surface area contributed by atoms with Crippen LogP contribution in [0.5, 0.6) is 0 Å². The minimum atomic E-state index is -0.887. The van der Waals surface area contributed by atoms with Crippen molar-refractivity contribution in [3.05, 3.63) is 34.4 Å². The van der Waals surface area contributed by atoms with E-state index in [1.807, 2.05) is 0 Å². The molecule has 6 nitrogen and oxygen atoms in total. The number of aliphatic carboxylic acids is 1. The van der Waals surface area contributed by atoms with Crippen molar-refractivity contribution in [1.82, 2.24) is 0 Å². The number of benzene rings is 1. The van der Waals surface area contributed by atoms with Crippen LogP contribution in [0.3, 0.4) is 0 Å². The quantitative estimate of drug-likeness (QED) is 0.588. The van der Waals surface area contributed by atoms with E-state index in [9.17, 15) is 14.9 Å².